The average molecular weight is 370 g/mol. The lowest BCUT2D eigenvalue weighted by molar-refractivity contribution is -0.151. The van der Waals surface area contributed by atoms with Crippen molar-refractivity contribution in [2.24, 2.45) is 0 Å². The highest BCUT2D eigenvalue weighted by Gasteiger charge is 2.54. The highest BCUT2D eigenvalue weighted by atomic mass is 16.6. The summed E-state index contributed by atoms with van der Waals surface area (Å²) in [6.07, 6.45) is 0.246. The van der Waals surface area contributed by atoms with Crippen LogP contribution in [-0.2, 0) is 19.0 Å². The number of amides is 2. The fourth-order valence-electron chi connectivity index (χ4n) is 3.46. The number of carbonyl (C=O) groups excluding carboxylic acids is 3. The second kappa shape index (κ2) is 6.96. The van der Waals surface area contributed by atoms with Gasteiger partial charge < -0.3 is 14.2 Å². The Labute approximate surface area is 154 Å². The summed E-state index contributed by atoms with van der Waals surface area (Å²) >= 11 is 0. The predicted molar refractivity (Wildman–Crippen MR) is 93.6 cm³/mol. The largest absolute Gasteiger partial charge is 0.467 e. The molecule has 0 N–H and O–H groups in total. The highest BCUT2D eigenvalue weighted by Crippen LogP contribution is 2.36. The van der Waals surface area contributed by atoms with E-state index in [9.17, 15) is 14.4 Å². The van der Waals surface area contributed by atoms with E-state index in [2.05, 4.69) is 0 Å². The number of esters is 1. The molecule has 0 aliphatic carbocycles. The minimum Gasteiger partial charge on any atom is -0.467 e. The Hall–Kier alpha value is -1.99. The molecule has 2 aliphatic heterocycles. The zero-order valence-corrected chi connectivity index (χ0v) is 16.7. The van der Waals surface area contributed by atoms with Crippen molar-refractivity contribution in [3.63, 3.8) is 0 Å². The fraction of sp³-hybridized carbons (Fsp3) is 0.833. The Bertz CT molecular complexity index is 577. The molecular weight excluding hydrogens is 340 g/mol. The van der Waals surface area contributed by atoms with Crippen LogP contribution >= 0.6 is 0 Å². The van der Waals surface area contributed by atoms with Crippen LogP contribution < -0.4 is 0 Å². The molecule has 2 fully saturated rings. The summed E-state index contributed by atoms with van der Waals surface area (Å²) in [5.74, 6) is -0.560. The van der Waals surface area contributed by atoms with E-state index in [1.165, 1.54) is 12.0 Å². The summed E-state index contributed by atoms with van der Waals surface area (Å²) in [6, 6.07) is -1.59. The predicted octanol–water partition coefficient (Wildman–Crippen LogP) is 2.55. The number of ether oxygens (including phenoxy) is 3. The smallest absolute Gasteiger partial charge is 0.411 e. The lowest BCUT2D eigenvalue weighted by Gasteiger charge is -2.45. The quantitative estimate of drug-likeness (QED) is 0.521. The molecule has 26 heavy (non-hydrogen) atoms. The van der Waals surface area contributed by atoms with Crippen LogP contribution in [0, 0.1) is 0 Å². The molecule has 0 aromatic rings. The van der Waals surface area contributed by atoms with E-state index in [1.54, 1.807) is 46.4 Å². The molecule has 0 unspecified atom stereocenters. The molecular formula is C18H30N2O6. The van der Waals surface area contributed by atoms with Gasteiger partial charge in [-0.25, -0.2) is 14.4 Å². The van der Waals surface area contributed by atoms with Crippen molar-refractivity contribution in [2.75, 3.05) is 13.7 Å². The van der Waals surface area contributed by atoms with E-state index in [-0.39, 0.29) is 12.6 Å². The Morgan fingerprint density at radius 1 is 0.885 bits per heavy atom. The molecule has 8 nitrogen and oxygen atoms in total. The first-order valence-corrected chi connectivity index (χ1v) is 8.93. The Balaban J connectivity index is 2.28. The second-order valence-corrected chi connectivity index (χ2v) is 8.79. The molecule has 2 heterocycles. The highest BCUT2D eigenvalue weighted by molar-refractivity contribution is 5.84. The number of methoxy groups -OCH3 is 1. The Kier molecular flexibility index (Phi) is 5.44. The number of hydrogen-bond donors (Lipinski definition) is 0. The van der Waals surface area contributed by atoms with Gasteiger partial charge in [-0.3, -0.25) is 9.80 Å². The topological polar surface area (TPSA) is 85.4 Å². The van der Waals surface area contributed by atoms with Gasteiger partial charge in [0.15, 0.2) is 6.04 Å². The van der Waals surface area contributed by atoms with Crippen LogP contribution in [0.3, 0.4) is 0 Å². The summed E-state index contributed by atoms with van der Waals surface area (Å²) in [5, 5.41) is 0. The first kappa shape index (κ1) is 20.3. The van der Waals surface area contributed by atoms with Crippen molar-refractivity contribution >= 4 is 18.2 Å². The van der Waals surface area contributed by atoms with Crippen LogP contribution in [0.1, 0.15) is 54.4 Å². The minimum atomic E-state index is -0.902. The summed E-state index contributed by atoms with van der Waals surface area (Å²) < 4.78 is 15.9. The third-order valence-electron chi connectivity index (χ3n) is 4.33. The zero-order valence-electron chi connectivity index (χ0n) is 16.7. The molecule has 3 atom stereocenters. The lowest BCUT2D eigenvalue weighted by atomic mass is 10.0. The molecule has 2 saturated heterocycles. The van der Waals surface area contributed by atoms with E-state index in [4.69, 9.17) is 14.2 Å². The van der Waals surface area contributed by atoms with E-state index in [0.717, 1.165) is 0 Å². The van der Waals surface area contributed by atoms with E-state index in [0.29, 0.717) is 12.8 Å². The van der Waals surface area contributed by atoms with Crippen molar-refractivity contribution in [2.45, 2.75) is 83.7 Å². The van der Waals surface area contributed by atoms with Crippen molar-refractivity contribution in [3.8, 4) is 0 Å². The number of nitrogens with zero attached hydrogens (tertiary/aromatic N) is 2. The zero-order chi connectivity index (χ0) is 19.9. The lowest BCUT2D eigenvalue weighted by Crippen LogP contribution is -2.65. The standard InChI is InChI=1S/C18H30N2O6/c1-17(2,3)25-15(22)19-10-11-8-9-12(13(19)14(21)24-7)20(11)16(23)26-18(4,5)6/h11-13H,8-10H2,1-7H3/t11-,12+,13+/m1/s1. The number of rotatable bonds is 1. The number of piperazine rings is 1. The SMILES string of the molecule is COC(=O)[C@@H]1[C@@H]2CC[C@H](CN1C(=O)OC(C)(C)C)N2C(=O)OC(C)(C)C. The maximum Gasteiger partial charge on any atom is 0.411 e. The van der Waals surface area contributed by atoms with Gasteiger partial charge in [0.05, 0.1) is 19.2 Å². The van der Waals surface area contributed by atoms with Gasteiger partial charge in [-0.1, -0.05) is 0 Å². The molecule has 8 heteroatoms. The summed E-state index contributed by atoms with van der Waals surface area (Å²) in [4.78, 5) is 40.7. The van der Waals surface area contributed by atoms with Gasteiger partial charge in [0.25, 0.3) is 0 Å². The fourth-order valence-corrected chi connectivity index (χ4v) is 3.46. The van der Waals surface area contributed by atoms with Crippen molar-refractivity contribution in [1.82, 2.24) is 9.80 Å². The van der Waals surface area contributed by atoms with Gasteiger partial charge in [0.1, 0.15) is 11.2 Å². The van der Waals surface area contributed by atoms with Crippen molar-refractivity contribution in [3.05, 3.63) is 0 Å². The molecule has 0 saturated carbocycles. The summed E-state index contributed by atoms with van der Waals surface area (Å²) in [5.41, 5.74) is -1.32. The van der Waals surface area contributed by atoms with Crippen LogP contribution in [-0.4, -0.2) is 70.9 Å². The molecule has 0 aromatic heterocycles. The van der Waals surface area contributed by atoms with Gasteiger partial charge in [0, 0.05) is 6.54 Å². The first-order chi connectivity index (χ1) is 11.8. The van der Waals surface area contributed by atoms with Crippen LogP contribution in [0.2, 0.25) is 0 Å². The molecule has 2 rings (SSSR count). The van der Waals surface area contributed by atoms with Crippen molar-refractivity contribution < 1.29 is 28.6 Å². The van der Waals surface area contributed by atoms with Crippen LogP contribution in [0.4, 0.5) is 9.59 Å². The Morgan fingerprint density at radius 3 is 1.92 bits per heavy atom. The van der Waals surface area contributed by atoms with Gasteiger partial charge in [-0.2, -0.15) is 0 Å². The van der Waals surface area contributed by atoms with Gasteiger partial charge in [-0.05, 0) is 54.4 Å². The van der Waals surface area contributed by atoms with Crippen LogP contribution in [0.15, 0.2) is 0 Å². The first-order valence-electron chi connectivity index (χ1n) is 8.93. The van der Waals surface area contributed by atoms with Gasteiger partial charge in [-0.15, -0.1) is 0 Å². The number of fused-ring (bicyclic) bond motifs is 2. The van der Waals surface area contributed by atoms with Gasteiger partial charge >= 0.3 is 18.2 Å². The van der Waals surface area contributed by atoms with E-state index < -0.39 is 41.4 Å². The normalized spacial score (nSPS) is 25.7. The molecule has 0 aromatic carbocycles. The molecule has 0 radical (unpaired) electrons. The number of carbonyl (C=O) groups is 3. The minimum absolute atomic E-state index is 0.205. The molecule has 2 aliphatic rings. The second-order valence-electron chi connectivity index (χ2n) is 8.79. The summed E-state index contributed by atoms with van der Waals surface area (Å²) in [6.45, 7) is 10.9. The van der Waals surface area contributed by atoms with Crippen LogP contribution in [0.5, 0.6) is 0 Å². The summed E-state index contributed by atoms with van der Waals surface area (Å²) in [7, 11) is 1.27. The number of likely N-dealkylation sites (tertiary alicyclic amines) is 1. The third-order valence-corrected chi connectivity index (χ3v) is 4.33. The van der Waals surface area contributed by atoms with Crippen LogP contribution in [0.25, 0.3) is 0 Å². The average Bonchev–Trinajstić information content (AvgIpc) is 2.77. The Morgan fingerprint density at radius 2 is 1.42 bits per heavy atom. The number of hydrogen-bond acceptors (Lipinski definition) is 6. The van der Waals surface area contributed by atoms with Gasteiger partial charge in [0.2, 0.25) is 0 Å². The maximum atomic E-state index is 12.7. The monoisotopic (exact) mass is 370 g/mol. The molecule has 2 amide bonds. The van der Waals surface area contributed by atoms with E-state index >= 15 is 0 Å². The molecule has 0 spiro atoms. The third kappa shape index (κ3) is 4.40. The maximum absolute atomic E-state index is 12.7. The molecule has 148 valence electrons. The van der Waals surface area contributed by atoms with Crippen molar-refractivity contribution in [1.29, 1.82) is 0 Å². The van der Waals surface area contributed by atoms with E-state index in [1.807, 2.05) is 0 Å². The molecule has 2 bridgehead atoms.